The fourth-order valence-corrected chi connectivity index (χ4v) is 2.41. The van der Waals surface area contributed by atoms with Crippen LogP contribution >= 0.6 is 27.5 Å². The Balaban J connectivity index is 2.95. The van der Waals surface area contributed by atoms with Crippen molar-refractivity contribution in [2.75, 3.05) is 13.7 Å². The molecule has 0 bridgehead atoms. The third-order valence-electron chi connectivity index (χ3n) is 2.39. The number of rotatable bonds is 5. The molecule has 0 amide bonds. The van der Waals surface area contributed by atoms with Gasteiger partial charge in [0.2, 0.25) is 0 Å². The standard InChI is InChI=1S/C11H13BrClNO3/c1-7-3-11(14(15)16)10(13)5-8(7)4-9(12)6-17-2/h3,5,9H,4,6H2,1-2H3. The summed E-state index contributed by atoms with van der Waals surface area (Å²) in [6.45, 7) is 2.42. The van der Waals surface area contributed by atoms with Gasteiger partial charge < -0.3 is 4.74 Å². The highest BCUT2D eigenvalue weighted by Crippen LogP contribution is 2.29. The number of halogens is 2. The Morgan fingerprint density at radius 2 is 2.24 bits per heavy atom. The van der Waals surface area contributed by atoms with Crippen LogP contribution in [0.2, 0.25) is 5.02 Å². The van der Waals surface area contributed by atoms with Gasteiger partial charge in [-0.2, -0.15) is 0 Å². The van der Waals surface area contributed by atoms with Gasteiger partial charge in [-0.25, -0.2) is 0 Å². The van der Waals surface area contributed by atoms with Crippen molar-refractivity contribution in [2.45, 2.75) is 18.2 Å². The second-order valence-electron chi connectivity index (χ2n) is 3.74. The summed E-state index contributed by atoms with van der Waals surface area (Å²) in [7, 11) is 1.63. The van der Waals surface area contributed by atoms with Gasteiger partial charge in [-0.3, -0.25) is 10.1 Å². The molecular weight excluding hydrogens is 309 g/mol. The number of alkyl halides is 1. The van der Waals surface area contributed by atoms with Crippen LogP contribution in [0.25, 0.3) is 0 Å². The number of benzene rings is 1. The van der Waals surface area contributed by atoms with E-state index >= 15 is 0 Å². The van der Waals surface area contributed by atoms with Gasteiger partial charge in [0.15, 0.2) is 0 Å². The van der Waals surface area contributed by atoms with E-state index in [2.05, 4.69) is 15.9 Å². The van der Waals surface area contributed by atoms with Crippen LogP contribution in [-0.2, 0) is 11.2 Å². The Morgan fingerprint density at radius 1 is 1.59 bits per heavy atom. The summed E-state index contributed by atoms with van der Waals surface area (Å²) in [6, 6.07) is 3.16. The molecule has 94 valence electrons. The Hall–Kier alpha value is -0.650. The second-order valence-corrected chi connectivity index (χ2v) is 5.45. The SMILES string of the molecule is COCC(Br)Cc1cc(Cl)c([N+](=O)[O-])cc1C. The third-order valence-corrected chi connectivity index (χ3v) is 3.28. The Kier molecular flexibility index (Phi) is 5.36. The monoisotopic (exact) mass is 321 g/mol. The molecule has 0 radical (unpaired) electrons. The van der Waals surface area contributed by atoms with E-state index < -0.39 is 4.92 Å². The summed E-state index contributed by atoms with van der Waals surface area (Å²) in [6.07, 6.45) is 0.720. The lowest BCUT2D eigenvalue weighted by molar-refractivity contribution is -0.384. The number of nitro groups is 1. The summed E-state index contributed by atoms with van der Waals surface area (Å²) in [5.74, 6) is 0. The molecule has 0 aliphatic rings. The molecule has 1 rings (SSSR count). The van der Waals surface area contributed by atoms with Crippen LogP contribution in [0, 0.1) is 17.0 Å². The van der Waals surface area contributed by atoms with Crippen LogP contribution in [0.1, 0.15) is 11.1 Å². The molecule has 0 N–H and O–H groups in total. The molecular formula is C11H13BrClNO3. The maximum atomic E-state index is 10.7. The van der Waals surface area contributed by atoms with E-state index in [4.69, 9.17) is 16.3 Å². The first-order chi connectivity index (χ1) is 7.95. The highest BCUT2D eigenvalue weighted by Gasteiger charge is 2.16. The Bertz CT molecular complexity index is 425. The number of ether oxygens (including phenoxy) is 1. The van der Waals surface area contributed by atoms with E-state index in [0.29, 0.717) is 6.61 Å². The van der Waals surface area contributed by atoms with Gasteiger partial charge in [-0.15, -0.1) is 0 Å². The van der Waals surface area contributed by atoms with E-state index in [-0.39, 0.29) is 15.5 Å². The number of aryl methyl sites for hydroxylation is 1. The van der Waals surface area contributed by atoms with Crippen LogP contribution < -0.4 is 0 Å². The minimum atomic E-state index is -0.472. The normalized spacial score (nSPS) is 12.5. The summed E-state index contributed by atoms with van der Waals surface area (Å²) in [4.78, 5) is 10.4. The van der Waals surface area contributed by atoms with Gasteiger partial charge in [0.05, 0.1) is 11.5 Å². The van der Waals surface area contributed by atoms with Crippen LogP contribution in [0.15, 0.2) is 12.1 Å². The lowest BCUT2D eigenvalue weighted by Crippen LogP contribution is -2.11. The zero-order chi connectivity index (χ0) is 13.0. The second kappa shape index (κ2) is 6.33. The van der Waals surface area contributed by atoms with Gasteiger partial charge in [0.1, 0.15) is 5.02 Å². The van der Waals surface area contributed by atoms with E-state index in [1.807, 2.05) is 6.92 Å². The first kappa shape index (κ1) is 14.4. The summed E-state index contributed by atoms with van der Waals surface area (Å²) >= 11 is 9.35. The minimum absolute atomic E-state index is 0.0502. The summed E-state index contributed by atoms with van der Waals surface area (Å²) in [5.41, 5.74) is 1.80. The van der Waals surface area contributed by atoms with Crippen molar-refractivity contribution in [1.29, 1.82) is 0 Å². The fourth-order valence-electron chi connectivity index (χ4n) is 1.55. The molecule has 0 fully saturated rings. The summed E-state index contributed by atoms with van der Waals surface area (Å²) in [5, 5.41) is 10.9. The highest BCUT2D eigenvalue weighted by molar-refractivity contribution is 9.09. The molecule has 0 heterocycles. The van der Waals surface area contributed by atoms with E-state index in [1.54, 1.807) is 13.2 Å². The third kappa shape index (κ3) is 3.94. The van der Waals surface area contributed by atoms with Crippen molar-refractivity contribution in [3.8, 4) is 0 Å². The molecule has 4 nitrogen and oxygen atoms in total. The van der Waals surface area contributed by atoms with Gasteiger partial charge in [-0.05, 0) is 30.5 Å². The van der Waals surface area contributed by atoms with E-state index in [1.165, 1.54) is 6.07 Å². The number of hydrogen-bond donors (Lipinski definition) is 0. The predicted molar refractivity (Wildman–Crippen MR) is 71.1 cm³/mol. The van der Waals surface area contributed by atoms with E-state index in [9.17, 15) is 10.1 Å². The highest BCUT2D eigenvalue weighted by atomic mass is 79.9. The quantitative estimate of drug-likeness (QED) is 0.473. The number of methoxy groups -OCH3 is 1. The molecule has 0 saturated carbocycles. The molecule has 0 spiro atoms. The number of nitrogens with zero attached hydrogens (tertiary/aromatic N) is 1. The zero-order valence-corrected chi connectivity index (χ0v) is 11.9. The molecule has 0 aromatic heterocycles. The lowest BCUT2D eigenvalue weighted by atomic mass is 10.0. The van der Waals surface area contributed by atoms with Crippen molar-refractivity contribution in [1.82, 2.24) is 0 Å². The van der Waals surface area contributed by atoms with Crippen LogP contribution in [0.3, 0.4) is 0 Å². The van der Waals surface area contributed by atoms with Crippen LogP contribution in [0.5, 0.6) is 0 Å². The average Bonchev–Trinajstić information content (AvgIpc) is 2.22. The molecule has 1 atom stereocenters. The van der Waals surface area contributed by atoms with Gasteiger partial charge in [-0.1, -0.05) is 27.5 Å². The zero-order valence-electron chi connectivity index (χ0n) is 9.57. The van der Waals surface area contributed by atoms with Gasteiger partial charge in [0, 0.05) is 18.0 Å². The Morgan fingerprint density at radius 3 is 2.76 bits per heavy atom. The smallest absolute Gasteiger partial charge is 0.288 e. The van der Waals surface area contributed by atoms with Crippen LogP contribution in [-0.4, -0.2) is 23.5 Å². The molecule has 0 saturated heterocycles. The van der Waals surface area contributed by atoms with Crippen molar-refractivity contribution in [3.05, 3.63) is 38.4 Å². The Labute approximate surface area is 113 Å². The topological polar surface area (TPSA) is 52.4 Å². The molecule has 17 heavy (non-hydrogen) atoms. The molecule has 0 aliphatic carbocycles. The first-order valence-corrected chi connectivity index (χ1v) is 6.31. The van der Waals surface area contributed by atoms with Crippen LogP contribution in [0.4, 0.5) is 5.69 Å². The molecule has 0 aliphatic heterocycles. The number of hydrogen-bond acceptors (Lipinski definition) is 3. The maximum Gasteiger partial charge on any atom is 0.288 e. The van der Waals surface area contributed by atoms with Crippen molar-refractivity contribution >= 4 is 33.2 Å². The summed E-state index contributed by atoms with van der Waals surface area (Å²) < 4.78 is 5.02. The van der Waals surface area contributed by atoms with Crippen molar-refractivity contribution in [2.24, 2.45) is 0 Å². The first-order valence-electron chi connectivity index (χ1n) is 5.02. The largest absolute Gasteiger partial charge is 0.384 e. The molecule has 6 heteroatoms. The number of nitro benzene ring substituents is 1. The van der Waals surface area contributed by atoms with Crippen molar-refractivity contribution < 1.29 is 9.66 Å². The predicted octanol–water partition coefficient (Wildman–Crippen LogP) is 3.51. The van der Waals surface area contributed by atoms with Crippen molar-refractivity contribution in [3.63, 3.8) is 0 Å². The maximum absolute atomic E-state index is 10.7. The average molecular weight is 323 g/mol. The molecule has 1 aromatic rings. The lowest BCUT2D eigenvalue weighted by Gasteiger charge is -2.11. The van der Waals surface area contributed by atoms with Gasteiger partial charge in [0.25, 0.3) is 5.69 Å². The fraction of sp³-hybridized carbons (Fsp3) is 0.455. The minimum Gasteiger partial charge on any atom is -0.384 e. The van der Waals surface area contributed by atoms with Gasteiger partial charge >= 0.3 is 0 Å². The van der Waals surface area contributed by atoms with E-state index in [0.717, 1.165) is 17.5 Å². The molecule has 1 aromatic carbocycles. The molecule has 1 unspecified atom stereocenters.